The van der Waals surface area contributed by atoms with Gasteiger partial charge >= 0.3 is 0 Å². The van der Waals surface area contributed by atoms with E-state index in [1.807, 2.05) is 0 Å². The second-order valence-electron chi connectivity index (χ2n) is 12.9. The molecular formula is C46H32N2. The highest BCUT2D eigenvalue weighted by Crippen LogP contribution is 2.40. The lowest BCUT2D eigenvalue weighted by Crippen LogP contribution is -2.01. The normalized spacial score (nSPS) is 13.5. The summed E-state index contributed by atoms with van der Waals surface area (Å²) in [6.45, 7) is 0. The molecule has 0 saturated heterocycles. The minimum absolute atomic E-state index is 1.02. The summed E-state index contributed by atoms with van der Waals surface area (Å²) in [5, 5.41) is 7.63. The molecule has 0 saturated carbocycles. The number of fused-ring (bicyclic) bond motifs is 7. The fraction of sp³-hybridized carbons (Fsp3) is 0.0435. The summed E-state index contributed by atoms with van der Waals surface area (Å²) in [6.07, 6.45) is 6.81. The first-order valence-corrected chi connectivity index (χ1v) is 16.8. The van der Waals surface area contributed by atoms with Crippen LogP contribution in [0.4, 0.5) is 0 Å². The molecule has 1 aliphatic rings. The quantitative estimate of drug-likeness (QED) is 0.187. The molecule has 0 unspecified atom stereocenters. The summed E-state index contributed by atoms with van der Waals surface area (Å²) >= 11 is 0. The van der Waals surface area contributed by atoms with Crippen molar-refractivity contribution in [1.82, 2.24) is 9.13 Å². The fourth-order valence-corrected chi connectivity index (χ4v) is 7.90. The van der Waals surface area contributed by atoms with Crippen LogP contribution < -0.4 is 0 Å². The van der Waals surface area contributed by atoms with Crippen molar-refractivity contribution in [2.24, 2.45) is 0 Å². The van der Waals surface area contributed by atoms with Gasteiger partial charge in [-0.3, -0.25) is 0 Å². The maximum absolute atomic E-state index is 2.49. The summed E-state index contributed by atoms with van der Waals surface area (Å²) in [5.41, 5.74) is 12.5. The molecule has 0 spiro atoms. The Balaban J connectivity index is 1.13. The third-order valence-corrected chi connectivity index (χ3v) is 10.2. The van der Waals surface area contributed by atoms with Gasteiger partial charge < -0.3 is 9.13 Å². The van der Waals surface area contributed by atoms with Gasteiger partial charge in [-0.25, -0.2) is 0 Å². The van der Waals surface area contributed by atoms with Gasteiger partial charge in [-0.1, -0.05) is 115 Å². The van der Waals surface area contributed by atoms with E-state index in [2.05, 4.69) is 179 Å². The van der Waals surface area contributed by atoms with Crippen LogP contribution in [0.5, 0.6) is 0 Å². The smallest absolute Gasteiger partial charge is 0.0541 e. The van der Waals surface area contributed by atoms with E-state index in [-0.39, 0.29) is 0 Å². The maximum Gasteiger partial charge on any atom is 0.0541 e. The van der Waals surface area contributed by atoms with Crippen LogP contribution in [0.1, 0.15) is 18.4 Å². The van der Waals surface area contributed by atoms with Gasteiger partial charge in [0.2, 0.25) is 0 Å². The zero-order valence-electron chi connectivity index (χ0n) is 26.5. The van der Waals surface area contributed by atoms with Crippen molar-refractivity contribution >= 4 is 65.7 Å². The van der Waals surface area contributed by atoms with Crippen molar-refractivity contribution in [3.05, 3.63) is 175 Å². The van der Waals surface area contributed by atoms with E-state index in [0.29, 0.717) is 0 Å². The van der Waals surface area contributed by atoms with Crippen LogP contribution >= 0.6 is 0 Å². The minimum Gasteiger partial charge on any atom is -0.313 e. The Morgan fingerprint density at radius 2 is 0.979 bits per heavy atom. The van der Waals surface area contributed by atoms with Crippen LogP contribution in [0.3, 0.4) is 0 Å². The zero-order valence-corrected chi connectivity index (χ0v) is 26.5. The Labute approximate surface area is 279 Å². The van der Waals surface area contributed by atoms with Crippen LogP contribution in [-0.2, 0) is 0 Å². The molecule has 7 aromatic carbocycles. The van der Waals surface area contributed by atoms with Gasteiger partial charge in [0.15, 0.2) is 0 Å². The molecule has 0 bridgehead atoms. The van der Waals surface area contributed by atoms with Crippen molar-refractivity contribution in [1.29, 1.82) is 0 Å². The van der Waals surface area contributed by atoms with Gasteiger partial charge in [-0.05, 0) is 100 Å². The predicted molar refractivity (Wildman–Crippen MR) is 205 cm³/mol. The number of hydrogen-bond donors (Lipinski definition) is 0. The largest absolute Gasteiger partial charge is 0.313 e. The fourth-order valence-electron chi connectivity index (χ4n) is 7.90. The van der Waals surface area contributed by atoms with E-state index in [1.165, 1.54) is 88.0 Å². The van der Waals surface area contributed by atoms with Crippen LogP contribution in [0, 0.1) is 0 Å². The molecule has 0 fully saturated rings. The highest BCUT2D eigenvalue weighted by molar-refractivity contribution is 6.13. The van der Waals surface area contributed by atoms with Crippen molar-refractivity contribution in [3.63, 3.8) is 0 Å². The lowest BCUT2D eigenvalue weighted by molar-refractivity contribution is 0.983. The molecule has 2 nitrogen and oxygen atoms in total. The zero-order chi connectivity index (χ0) is 31.6. The SMILES string of the molecule is C1=C(c2ccccc2)C=C(n2c3ccccc3c3cc(-c4ccc5c(c4)c4ccccc4n5-c4ccc5ccccc5c4)ccc32)CC1. The number of allylic oxidation sites excluding steroid dienone is 4. The second kappa shape index (κ2) is 10.7. The molecule has 9 aromatic rings. The van der Waals surface area contributed by atoms with Crippen LogP contribution in [0.2, 0.25) is 0 Å². The number of hydrogen-bond acceptors (Lipinski definition) is 0. The van der Waals surface area contributed by atoms with Gasteiger partial charge in [0.25, 0.3) is 0 Å². The Hall–Kier alpha value is -6.12. The van der Waals surface area contributed by atoms with Crippen molar-refractivity contribution in [3.8, 4) is 16.8 Å². The molecule has 0 amide bonds. The van der Waals surface area contributed by atoms with Gasteiger partial charge in [0, 0.05) is 32.9 Å². The number of benzene rings is 7. The molecule has 0 atom stereocenters. The summed E-state index contributed by atoms with van der Waals surface area (Å²) < 4.78 is 4.90. The summed E-state index contributed by atoms with van der Waals surface area (Å²) in [5.74, 6) is 0. The Morgan fingerprint density at radius 1 is 0.396 bits per heavy atom. The van der Waals surface area contributed by atoms with E-state index < -0.39 is 0 Å². The van der Waals surface area contributed by atoms with Gasteiger partial charge in [-0.2, -0.15) is 0 Å². The monoisotopic (exact) mass is 612 g/mol. The van der Waals surface area contributed by atoms with Crippen LogP contribution in [-0.4, -0.2) is 9.13 Å². The molecule has 2 aromatic heterocycles. The molecule has 226 valence electrons. The first kappa shape index (κ1) is 27.0. The average Bonchev–Trinajstić information content (AvgIpc) is 3.67. The Morgan fingerprint density at radius 3 is 1.71 bits per heavy atom. The number of rotatable bonds is 4. The van der Waals surface area contributed by atoms with Gasteiger partial charge in [0.05, 0.1) is 22.1 Å². The lowest BCUT2D eigenvalue weighted by atomic mass is 9.97. The van der Waals surface area contributed by atoms with E-state index >= 15 is 0 Å². The molecule has 2 heterocycles. The summed E-state index contributed by atoms with van der Waals surface area (Å²) in [4.78, 5) is 0. The Kier molecular flexibility index (Phi) is 6.04. The highest BCUT2D eigenvalue weighted by Gasteiger charge is 2.18. The second-order valence-corrected chi connectivity index (χ2v) is 12.9. The standard InChI is InChI=1S/C46H32N2/c1-2-11-31(12-3-1)34-15-10-16-37(27-34)47-43-19-8-6-17-39(43)41-29-35(22-25-45(41)47)36-23-26-46-42(30-36)40-18-7-9-20-44(40)48(46)38-24-21-32-13-4-5-14-33(32)28-38/h1-9,11-15,17-30H,10,16H2. The molecule has 2 heteroatoms. The molecule has 48 heavy (non-hydrogen) atoms. The van der Waals surface area contributed by atoms with E-state index in [0.717, 1.165) is 12.8 Å². The predicted octanol–water partition coefficient (Wildman–Crippen LogP) is 12.4. The molecule has 0 radical (unpaired) electrons. The number of aromatic nitrogens is 2. The molecular weight excluding hydrogens is 581 g/mol. The van der Waals surface area contributed by atoms with E-state index in [4.69, 9.17) is 0 Å². The van der Waals surface area contributed by atoms with Crippen LogP contribution in [0.25, 0.3) is 82.5 Å². The third-order valence-electron chi connectivity index (χ3n) is 10.2. The Bertz CT molecular complexity index is 2770. The number of para-hydroxylation sites is 2. The first-order chi connectivity index (χ1) is 23.8. The lowest BCUT2D eigenvalue weighted by Gasteiger charge is -2.18. The van der Waals surface area contributed by atoms with E-state index in [1.54, 1.807) is 0 Å². The number of nitrogens with zero attached hydrogens (tertiary/aromatic N) is 2. The minimum atomic E-state index is 1.02. The first-order valence-electron chi connectivity index (χ1n) is 16.8. The average molecular weight is 613 g/mol. The van der Waals surface area contributed by atoms with Crippen molar-refractivity contribution in [2.75, 3.05) is 0 Å². The van der Waals surface area contributed by atoms with Gasteiger partial charge in [-0.15, -0.1) is 0 Å². The van der Waals surface area contributed by atoms with Crippen molar-refractivity contribution < 1.29 is 0 Å². The van der Waals surface area contributed by atoms with E-state index in [9.17, 15) is 0 Å². The summed E-state index contributed by atoms with van der Waals surface area (Å²) in [7, 11) is 0. The molecule has 0 aliphatic heterocycles. The van der Waals surface area contributed by atoms with Gasteiger partial charge in [0.1, 0.15) is 0 Å². The van der Waals surface area contributed by atoms with Crippen LogP contribution in [0.15, 0.2) is 170 Å². The maximum atomic E-state index is 2.49. The molecule has 10 rings (SSSR count). The highest BCUT2D eigenvalue weighted by atomic mass is 15.0. The third kappa shape index (κ3) is 4.19. The van der Waals surface area contributed by atoms with Crippen molar-refractivity contribution in [2.45, 2.75) is 12.8 Å². The summed E-state index contributed by atoms with van der Waals surface area (Å²) in [6, 6.07) is 57.8. The molecule has 1 aliphatic carbocycles. The molecule has 0 N–H and O–H groups in total. The topological polar surface area (TPSA) is 9.86 Å².